The normalized spacial score (nSPS) is 12.2. The summed E-state index contributed by atoms with van der Waals surface area (Å²) in [5, 5.41) is 0. The van der Waals surface area contributed by atoms with Crippen molar-refractivity contribution >= 4 is 11.4 Å². The molecular formula is C84H150N2Ni. The van der Waals surface area contributed by atoms with Crippen molar-refractivity contribution < 1.29 is 21.2 Å². The summed E-state index contributed by atoms with van der Waals surface area (Å²) < 4.78 is 1.55. The number of benzene rings is 2. The van der Waals surface area contributed by atoms with E-state index in [2.05, 4.69) is 104 Å². The standard InChI is InChI=1S/C34H48N2.2C25H51.Ni/c1-5-9-13-14-24-32-31(23-12-8-4)33(29-21-15-19-27(25-29)17-10-6-2)36(35)34(32)30-22-16-20-28(26-30)18-11-7-3;2*1-3-5-7-9-11-13-15-17-19-21-23-25-24-22-20-18-16-14-12-10-8-6-4-2;/h15-16,19-22,25-26H,5-14,17-18,23-24H2,1-4H3;2*1,3-25H2,2H3;/q;2*-1;+2. The third-order valence-corrected chi connectivity index (χ3v) is 18.7. The molecule has 0 radical (unpaired) electrons. The SMILES string of the molecule is CCCCCCC1=C(c2cccc(CCCC)c2)[N+](=[N-])C(c2cccc(CCCC)c2)=C1CCCC.[CH2-]CCCCCCCCCCCCCCCCCCCCCCCC.[CH2-]CCCCCCCCCCCCCCCCCCCCCCCC.[Ni+2]. The minimum absolute atomic E-state index is 0. The fourth-order valence-corrected chi connectivity index (χ4v) is 12.9. The van der Waals surface area contributed by atoms with Crippen LogP contribution in [0, 0.1) is 13.8 Å². The van der Waals surface area contributed by atoms with Crippen molar-refractivity contribution in [3.63, 3.8) is 0 Å². The molecule has 0 atom stereocenters. The molecule has 87 heavy (non-hydrogen) atoms. The molecule has 1 aliphatic heterocycles. The van der Waals surface area contributed by atoms with Gasteiger partial charge >= 0.3 is 16.5 Å². The van der Waals surface area contributed by atoms with Crippen LogP contribution in [0.15, 0.2) is 59.7 Å². The first kappa shape index (κ1) is 85.0. The second-order valence-electron chi connectivity index (χ2n) is 27.0. The summed E-state index contributed by atoms with van der Waals surface area (Å²) in [7, 11) is 0. The molecule has 3 heteroatoms. The Morgan fingerprint density at radius 3 is 0.713 bits per heavy atom. The Morgan fingerprint density at radius 2 is 0.471 bits per heavy atom. The fourth-order valence-electron chi connectivity index (χ4n) is 12.9. The Kier molecular flexibility index (Phi) is 65.4. The maximum Gasteiger partial charge on any atom is 2.00 e. The van der Waals surface area contributed by atoms with Crippen molar-refractivity contribution in [3.05, 3.63) is 101 Å². The van der Waals surface area contributed by atoms with Crippen LogP contribution in [0.5, 0.6) is 0 Å². The second-order valence-corrected chi connectivity index (χ2v) is 27.0. The molecule has 0 spiro atoms. The summed E-state index contributed by atoms with van der Waals surface area (Å²) in [5.41, 5.74) is 21.6. The summed E-state index contributed by atoms with van der Waals surface area (Å²) in [6, 6.07) is 17.8. The van der Waals surface area contributed by atoms with Crippen molar-refractivity contribution in [3.8, 4) is 0 Å². The molecule has 1 aliphatic rings. The fraction of sp³-hybridized carbons (Fsp3) is 0.786. The van der Waals surface area contributed by atoms with E-state index in [1.807, 2.05) is 0 Å². The summed E-state index contributed by atoms with van der Waals surface area (Å²) in [6.45, 7) is 21.4. The minimum atomic E-state index is 0. The van der Waals surface area contributed by atoms with Crippen molar-refractivity contribution in [2.24, 2.45) is 0 Å². The molecule has 0 aromatic heterocycles. The van der Waals surface area contributed by atoms with Gasteiger partial charge in [-0.3, -0.25) is 0 Å². The number of nitrogens with zero attached hydrogens (tertiary/aromatic N) is 2. The number of hydrogen-bond donors (Lipinski definition) is 0. The summed E-state index contributed by atoms with van der Waals surface area (Å²) in [5.74, 6) is 0. The molecule has 0 N–H and O–H groups in total. The Hall–Kier alpha value is -1.99. The monoisotopic (exact) mass is 1250 g/mol. The van der Waals surface area contributed by atoms with Crippen LogP contribution in [0.1, 0.15) is 436 Å². The van der Waals surface area contributed by atoms with Gasteiger partial charge in [0.1, 0.15) is 0 Å². The van der Waals surface area contributed by atoms with Gasteiger partial charge in [-0.15, -0.1) is 0 Å². The van der Waals surface area contributed by atoms with Crippen molar-refractivity contribution in [1.82, 2.24) is 0 Å². The summed E-state index contributed by atoms with van der Waals surface area (Å²) in [6.07, 6.45) is 82.9. The summed E-state index contributed by atoms with van der Waals surface area (Å²) >= 11 is 0. The molecule has 0 aliphatic carbocycles. The first-order valence-electron chi connectivity index (χ1n) is 39.2. The molecule has 0 bridgehead atoms. The molecule has 2 nitrogen and oxygen atoms in total. The van der Waals surface area contributed by atoms with E-state index < -0.39 is 0 Å². The molecule has 1 heterocycles. The molecule has 2 aromatic carbocycles. The van der Waals surface area contributed by atoms with Crippen molar-refractivity contribution in [1.29, 1.82) is 0 Å². The van der Waals surface area contributed by atoms with Gasteiger partial charge < -0.3 is 19.4 Å². The Balaban J connectivity index is 0.00000131. The minimum Gasteiger partial charge on any atom is -0.493 e. The topological polar surface area (TPSA) is 25.3 Å². The molecule has 0 amide bonds. The van der Waals surface area contributed by atoms with Gasteiger partial charge in [0, 0.05) is 22.3 Å². The zero-order chi connectivity index (χ0) is 62.3. The van der Waals surface area contributed by atoms with E-state index in [1.165, 1.54) is 356 Å². The number of hydrogen-bond acceptors (Lipinski definition) is 0. The molecule has 0 fully saturated rings. The zero-order valence-corrected chi connectivity index (χ0v) is 60.7. The molecular weight excluding hydrogens is 1100 g/mol. The van der Waals surface area contributed by atoms with Crippen LogP contribution in [0.2, 0.25) is 0 Å². The molecule has 0 saturated carbocycles. The maximum atomic E-state index is 11.8. The van der Waals surface area contributed by atoms with Crippen LogP contribution in [-0.2, 0) is 29.3 Å². The second kappa shape index (κ2) is 66.9. The average molecular weight is 1250 g/mol. The van der Waals surface area contributed by atoms with E-state index in [9.17, 15) is 5.53 Å². The number of unbranched alkanes of at least 4 members (excludes halogenated alkanes) is 50. The third-order valence-electron chi connectivity index (χ3n) is 18.7. The van der Waals surface area contributed by atoms with Crippen LogP contribution in [0.4, 0.5) is 0 Å². The zero-order valence-electron chi connectivity index (χ0n) is 59.7. The predicted octanol–water partition coefficient (Wildman–Crippen LogP) is 30.3. The number of rotatable bonds is 60. The van der Waals surface area contributed by atoms with E-state index in [0.29, 0.717) is 0 Å². The van der Waals surface area contributed by atoms with E-state index in [1.54, 1.807) is 4.70 Å². The van der Waals surface area contributed by atoms with Crippen LogP contribution in [0.3, 0.4) is 0 Å². The van der Waals surface area contributed by atoms with Crippen LogP contribution in [0.25, 0.3) is 16.9 Å². The van der Waals surface area contributed by atoms with E-state index in [-0.39, 0.29) is 16.5 Å². The van der Waals surface area contributed by atoms with Crippen molar-refractivity contribution in [2.45, 2.75) is 427 Å². The van der Waals surface area contributed by atoms with Gasteiger partial charge in [-0.25, -0.2) is 4.70 Å². The molecule has 0 unspecified atom stereocenters. The Morgan fingerprint density at radius 1 is 0.264 bits per heavy atom. The summed E-state index contributed by atoms with van der Waals surface area (Å²) in [4.78, 5) is 0. The van der Waals surface area contributed by atoms with Crippen LogP contribution >= 0.6 is 0 Å². The Labute approximate surface area is 557 Å². The van der Waals surface area contributed by atoms with Crippen molar-refractivity contribution in [2.75, 3.05) is 0 Å². The quantitative estimate of drug-likeness (QED) is 0.0273. The largest absolute Gasteiger partial charge is 2.00 e. The maximum absolute atomic E-state index is 11.8. The Bertz CT molecular complexity index is 1730. The van der Waals surface area contributed by atoms with Gasteiger partial charge in [0.05, 0.1) is 0 Å². The number of aryl methyl sites for hydroxylation is 2. The van der Waals surface area contributed by atoms with Crippen LogP contribution in [-0.4, -0.2) is 4.70 Å². The van der Waals surface area contributed by atoms with Gasteiger partial charge in [0.25, 0.3) is 0 Å². The predicted molar refractivity (Wildman–Crippen MR) is 390 cm³/mol. The van der Waals surface area contributed by atoms with Gasteiger partial charge in [0.2, 0.25) is 11.4 Å². The number of allylic oxidation sites excluding steroid dienone is 2. The van der Waals surface area contributed by atoms with E-state index in [0.717, 1.165) is 73.9 Å². The van der Waals surface area contributed by atoms with Gasteiger partial charge in [-0.2, -0.15) is 12.8 Å². The third kappa shape index (κ3) is 48.4. The molecule has 0 saturated heterocycles. The first-order chi connectivity index (χ1) is 42.5. The molecule has 506 valence electrons. The van der Waals surface area contributed by atoms with Crippen LogP contribution < -0.4 is 0 Å². The smallest absolute Gasteiger partial charge is 0.493 e. The first-order valence-corrected chi connectivity index (χ1v) is 39.2. The molecule has 2 aromatic rings. The van der Waals surface area contributed by atoms with E-state index >= 15 is 0 Å². The van der Waals surface area contributed by atoms with Gasteiger partial charge in [-0.05, 0) is 86.8 Å². The van der Waals surface area contributed by atoms with Gasteiger partial charge in [0.15, 0.2) is 0 Å². The van der Waals surface area contributed by atoms with Gasteiger partial charge in [-0.1, -0.05) is 387 Å². The average Bonchev–Trinajstić information content (AvgIpc) is 1.76. The molecule has 3 rings (SSSR count). The van der Waals surface area contributed by atoms with E-state index in [4.69, 9.17) is 0 Å².